The normalized spacial score (nSPS) is 11.4. The molecule has 0 N–H and O–H groups in total. The van der Waals surface area contributed by atoms with Crippen molar-refractivity contribution in [1.82, 2.24) is 10.1 Å². The van der Waals surface area contributed by atoms with Gasteiger partial charge in [0.15, 0.2) is 18.3 Å². The van der Waals surface area contributed by atoms with Crippen molar-refractivity contribution in [2.45, 2.75) is 26.4 Å². The van der Waals surface area contributed by atoms with Crippen LogP contribution in [0.2, 0.25) is 0 Å². The van der Waals surface area contributed by atoms with Gasteiger partial charge in [-0.1, -0.05) is 4.68 Å². The second kappa shape index (κ2) is 5.03. The fraction of sp³-hybridized carbons (Fsp3) is 0.429. The lowest BCUT2D eigenvalue weighted by Gasteiger charge is -2.19. The van der Waals surface area contributed by atoms with E-state index in [2.05, 4.69) is 10.1 Å². The Balaban J connectivity index is 2.62. The maximum absolute atomic E-state index is 12.2. The number of carbonyl (C=O) groups is 1. The van der Waals surface area contributed by atoms with Gasteiger partial charge in [-0.3, -0.25) is 0 Å². The average molecular weight is 276 g/mol. The minimum Gasteiger partial charge on any atom is -0.492 e. The molecule has 0 saturated heterocycles. The summed E-state index contributed by atoms with van der Waals surface area (Å²) in [4.78, 5) is 16.5. The summed E-state index contributed by atoms with van der Waals surface area (Å²) >= 11 is 0. The Hall–Kier alpha value is -2.24. The number of methoxy groups -OCH3 is 1. The lowest BCUT2D eigenvalue weighted by atomic mass is 10.2. The molecule has 2 aromatic heterocycles. The van der Waals surface area contributed by atoms with E-state index in [1.54, 1.807) is 44.8 Å². The van der Waals surface area contributed by atoms with E-state index >= 15 is 0 Å². The number of rotatable bonds is 2. The first-order chi connectivity index (χ1) is 9.33. The molecular formula is C14H18N3O3+. The Kier molecular flexibility index (Phi) is 3.57. The summed E-state index contributed by atoms with van der Waals surface area (Å²) in [6.45, 7) is 5.41. The van der Waals surface area contributed by atoms with E-state index in [0.29, 0.717) is 11.3 Å². The Morgan fingerprint density at radius 2 is 2.05 bits per heavy atom. The van der Waals surface area contributed by atoms with Gasteiger partial charge < -0.3 is 9.47 Å². The van der Waals surface area contributed by atoms with Crippen LogP contribution in [-0.2, 0) is 11.8 Å². The molecule has 0 bridgehead atoms. The van der Waals surface area contributed by atoms with Gasteiger partial charge in [0.2, 0.25) is 0 Å². The number of aromatic nitrogens is 3. The molecule has 106 valence electrons. The van der Waals surface area contributed by atoms with Crippen LogP contribution in [0.25, 0.3) is 11.0 Å². The number of hydrogen-bond acceptors (Lipinski definition) is 5. The molecular weight excluding hydrogens is 258 g/mol. The summed E-state index contributed by atoms with van der Waals surface area (Å²) in [7, 11) is 3.23. The first-order valence-electron chi connectivity index (χ1n) is 6.26. The van der Waals surface area contributed by atoms with E-state index in [1.807, 2.05) is 6.07 Å². The zero-order valence-electron chi connectivity index (χ0n) is 12.3. The standard InChI is InChI=1S/C14H18N3O3/c1-14(2,3)20-13(18)11-12(19-5)10-9(17(4)16-11)7-6-8-15-10/h6-8H,1-5H3/q+1. The zero-order valence-corrected chi connectivity index (χ0v) is 12.3. The molecule has 0 atom stereocenters. The number of aryl methyl sites for hydroxylation is 1. The van der Waals surface area contributed by atoms with Crippen LogP contribution in [0.4, 0.5) is 0 Å². The first kappa shape index (κ1) is 14.2. The van der Waals surface area contributed by atoms with Crippen LogP contribution < -0.4 is 9.42 Å². The van der Waals surface area contributed by atoms with E-state index in [4.69, 9.17) is 9.47 Å². The summed E-state index contributed by atoms with van der Waals surface area (Å²) < 4.78 is 12.2. The summed E-state index contributed by atoms with van der Waals surface area (Å²) in [5.41, 5.74) is 0.877. The number of ether oxygens (including phenoxy) is 2. The van der Waals surface area contributed by atoms with Gasteiger partial charge in [0.1, 0.15) is 5.60 Å². The highest BCUT2D eigenvalue weighted by Crippen LogP contribution is 2.25. The largest absolute Gasteiger partial charge is 0.492 e. The van der Waals surface area contributed by atoms with Crippen LogP contribution in [-0.4, -0.2) is 28.8 Å². The average Bonchev–Trinajstić information content (AvgIpc) is 2.36. The Morgan fingerprint density at radius 1 is 1.35 bits per heavy atom. The number of fused-ring (bicyclic) bond motifs is 1. The molecule has 0 aliphatic heterocycles. The maximum Gasteiger partial charge on any atom is 0.367 e. The van der Waals surface area contributed by atoms with E-state index in [9.17, 15) is 4.79 Å². The van der Waals surface area contributed by atoms with Crippen molar-refractivity contribution in [2.75, 3.05) is 7.11 Å². The third kappa shape index (κ3) is 2.68. The van der Waals surface area contributed by atoms with E-state index < -0.39 is 11.6 Å². The molecule has 2 rings (SSSR count). The van der Waals surface area contributed by atoms with Gasteiger partial charge in [-0.25, -0.2) is 9.78 Å². The van der Waals surface area contributed by atoms with Gasteiger partial charge >= 0.3 is 5.97 Å². The van der Waals surface area contributed by atoms with Gasteiger partial charge in [0.05, 0.1) is 7.11 Å². The predicted molar refractivity (Wildman–Crippen MR) is 72.4 cm³/mol. The molecule has 20 heavy (non-hydrogen) atoms. The molecule has 0 unspecified atom stereocenters. The van der Waals surface area contributed by atoms with Crippen molar-refractivity contribution < 1.29 is 19.0 Å². The van der Waals surface area contributed by atoms with Crippen molar-refractivity contribution in [3.05, 3.63) is 24.0 Å². The molecule has 6 heteroatoms. The number of esters is 1. The van der Waals surface area contributed by atoms with Gasteiger partial charge in [-0.2, -0.15) is 0 Å². The van der Waals surface area contributed by atoms with Crippen LogP contribution in [0.15, 0.2) is 18.3 Å². The van der Waals surface area contributed by atoms with Crippen LogP contribution >= 0.6 is 0 Å². The van der Waals surface area contributed by atoms with Crippen LogP contribution in [0.3, 0.4) is 0 Å². The highest BCUT2D eigenvalue weighted by Gasteiger charge is 2.29. The number of pyridine rings is 1. The summed E-state index contributed by atoms with van der Waals surface area (Å²) in [5.74, 6) is -0.203. The fourth-order valence-corrected chi connectivity index (χ4v) is 1.85. The zero-order chi connectivity index (χ0) is 14.9. The molecule has 6 nitrogen and oxygen atoms in total. The van der Waals surface area contributed by atoms with Crippen molar-refractivity contribution in [3.63, 3.8) is 0 Å². The molecule has 0 radical (unpaired) electrons. The Labute approximate surface area is 117 Å². The molecule has 0 saturated carbocycles. The summed E-state index contributed by atoms with van der Waals surface area (Å²) in [5, 5.41) is 4.23. The summed E-state index contributed by atoms with van der Waals surface area (Å²) in [6, 6.07) is 3.66. The van der Waals surface area contributed by atoms with Crippen molar-refractivity contribution >= 4 is 17.0 Å². The van der Waals surface area contributed by atoms with E-state index in [-0.39, 0.29) is 5.69 Å². The van der Waals surface area contributed by atoms with Crippen LogP contribution in [0, 0.1) is 0 Å². The maximum atomic E-state index is 12.2. The van der Waals surface area contributed by atoms with Gasteiger partial charge in [-0.05, 0) is 26.8 Å². The smallest absolute Gasteiger partial charge is 0.367 e. The Morgan fingerprint density at radius 3 is 2.65 bits per heavy atom. The third-order valence-corrected chi connectivity index (χ3v) is 2.61. The van der Waals surface area contributed by atoms with Crippen molar-refractivity contribution in [3.8, 4) is 5.75 Å². The lowest BCUT2D eigenvalue weighted by Crippen LogP contribution is -2.37. The monoisotopic (exact) mass is 276 g/mol. The van der Waals surface area contributed by atoms with E-state index in [0.717, 1.165) is 5.52 Å². The molecule has 2 heterocycles. The molecule has 0 aliphatic rings. The Bertz CT molecular complexity index is 662. The number of carbonyl (C=O) groups excluding carboxylic acids is 1. The number of nitrogens with zero attached hydrogens (tertiary/aromatic N) is 3. The quantitative estimate of drug-likeness (QED) is 0.613. The molecule has 2 aromatic rings. The summed E-state index contributed by atoms with van der Waals surface area (Å²) in [6.07, 6.45) is 1.64. The van der Waals surface area contributed by atoms with Gasteiger partial charge in [0.25, 0.3) is 11.2 Å². The van der Waals surface area contributed by atoms with Gasteiger partial charge in [-0.15, -0.1) is 0 Å². The molecule has 0 aliphatic carbocycles. The highest BCUT2D eigenvalue weighted by atomic mass is 16.6. The minimum atomic E-state index is -0.596. The van der Waals surface area contributed by atoms with Gasteiger partial charge in [0, 0.05) is 17.4 Å². The van der Waals surface area contributed by atoms with Crippen molar-refractivity contribution in [2.24, 2.45) is 7.05 Å². The minimum absolute atomic E-state index is 0.121. The second-order valence-electron chi connectivity index (χ2n) is 5.38. The third-order valence-electron chi connectivity index (χ3n) is 2.61. The molecule has 0 aromatic carbocycles. The second-order valence-corrected chi connectivity index (χ2v) is 5.38. The first-order valence-corrected chi connectivity index (χ1v) is 6.26. The van der Waals surface area contributed by atoms with Crippen LogP contribution in [0.1, 0.15) is 31.3 Å². The molecule has 0 spiro atoms. The van der Waals surface area contributed by atoms with Crippen LogP contribution in [0.5, 0.6) is 5.75 Å². The lowest BCUT2D eigenvalue weighted by molar-refractivity contribution is -0.706. The number of hydrogen-bond donors (Lipinski definition) is 0. The fourth-order valence-electron chi connectivity index (χ4n) is 1.85. The highest BCUT2D eigenvalue weighted by molar-refractivity contribution is 5.95. The predicted octanol–water partition coefficient (Wildman–Crippen LogP) is 1.42. The topological polar surface area (TPSA) is 65.2 Å². The van der Waals surface area contributed by atoms with E-state index in [1.165, 1.54) is 7.11 Å². The molecule has 0 amide bonds. The van der Waals surface area contributed by atoms with Crippen molar-refractivity contribution in [1.29, 1.82) is 0 Å². The SMILES string of the molecule is COc1c(C(=O)OC(C)(C)C)n[n+](C)c2cccnc12. The molecule has 0 fully saturated rings.